The van der Waals surface area contributed by atoms with Gasteiger partial charge in [-0.15, -0.1) is 0 Å². The lowest BCUT2D eigenvalue weighted by Gasteiger charge is -2.24. The van der Waals surface area contributed by atoms with Crippen LogP contribution in [0.25, 0.3) is 0 Å². The summed E-state index contributed by atoms with van der Waals surface area (Å²) in [5.41, 5.74) is 8.08. The summed E-state index contributed by atoms with van der Waals surface area (Å²) in [4.78, 5) is 14.0. The number of nitrogens with one attached hydrogen (secondary N) is 1. The summed E-state index contributed by atoms with van der Waals surface area (Å²) in [6.45, 7) is 6.76. The molecule has 0 heterocycles. The van der Waals surface area contributed by atoms with Gasteiger partial charge in [0.25, 0.3) is 0 Å². The van der Waals surface area contributed by atoms with Crippen LogP contribution in [0.15, 0.2) is 18.2 Å². The van der Waals surface area contributed by atoms with Gasteiger partial charge in [-0.2, -0.15) is 5.26 Å². The van der Waals surface area contributed by atoms with Crippen LogP contribution in [0.4, 0.5) is 11.4 Å². The van der Waals surface area contributed by atoms with E-state index in [1.54, 1.807) is 6.07 Å². The van der Waals surface area contributed by atoms with E-state index in [1.807, 2.05) is 37.8 Å². The van der Waals surface area contributed by atoms with Crippen molar-refractivity contribution >= 4 is 17.3 Å². The number of nitrogens with zero attached hydrogens (tertiary/aromatic N) is 2. The number of nitriles is 1. The van der Waals surface area contributed by atoms with Crippen LogP contribution in [0.2, 0.25) is 0 Å². The molecule has 5 nitrogen and oxygen atoms in total. The number of benzene rings is 1. The van der Waals surface area contributed by atoms with E-state index < -0.39 is 0 Å². The Morgan fingerprint density at radius 3 is 2.80 bits per heavy atom. The van der Waals surface area contributed by atoms with Gasteiger partial charge in [-0.3, -0.25) is 9.69 Å². The number of hydrogen-bond donors (Lipinski definition) is 2. The Labute approximate surface area is 120 Å². The first-order valence-electron chi connectivity index (χ1n) is 6.71. The van der Waals surface area contributed by atoms with Crippen LogP contribution < -0.4 is 11.1 Å². The molecule has 0 spiro atoms. The van der Waals surface area contributed by atoms with E-state index in [4.69, 9.17) is 11.0 Å². The lowest BCUT2D eigenvalue weighted by molar-refractivity contribution is -0.117. The highest BCUT2D eigenvalue weighted by Crippen LogP contribution is 2.20. The van der Waals surface area contributed by atoms with Crippen molar-refractivity contribution in [3.63, 3.8) is 0 Å². The number of amides is 1. The highest BCUT2D eigenvalue weighted by molar-refractivity contribution is 5.93. The van der Waals surface area contributed by atoms with Gasteiger partial charge in [0, 0.05) is 30.4 Å². The van der Waals surface area contributed by atoms with Gasteiger partial charge in [-0.1, -0.05) is 6.07 Å². The third-order valence-corrected chi connectivity index (χ3v) is 3.24. The highest BCUT2D eigenvalue weighted by atomic mass is 16.2. The molecular formula is C15H22N4O. The van der Waals surface area contributed by atoms with E-state index >= 15 is 0 Å². The summed E-state index contributed by atoms with van der Waals surface area (Å²) >= 11 is 0. The molecule has 0 fully saturated rings. The lowest BCUT2D eigenvalue weighted by Crippen LogP contribution is -2.38. The molecular weight excluding hydrogens is 252 g/mol. The summed E-state index contributed by atoms with van der Waals surface area (Å²) in [6, 6.07) is 7.77. The number of nitrogen functional groups attached to an aromatic ring is 1. The predicted molar refractivity (Wildman–Crippen MR) is 81.2 cm³/mol. The Morgan fingerprint density at radius 1 is 1.50 bits per heavy atom. The van der Waals surface area contributed by atoms with E-state index in [0.29, 0.717) is 18.7 Å². The first-order chi connectivity index (χ1) is 9.45. The first kappa shape index (κ1) is 16.0. The van der Waals surface area contributed by atoms with E-state index in [1.165, 1.54) is 0 Å². The minimum Gasteiger partial charge on any atom is -0.398 e. The van der Waals surface area contributed by atoms with Gasteiger partial charge < -0.3 is 11.1 Å². The third-order valence-electron chi connectivity index (χ3n) is 3.24. The van der Waals surface area contributed by atoms with Crippen LogP contribution in [-0.4, -0.2) is 29.9 Å². The maximum absolute atomic E-state index is 12.1. The van der Waals surface area contributed by atoms with Crippen molar-refractivity contribution in [1.82, 2.24) is 4.90 Å². The van der Waals surface area contributed by atoms with Gasteiger partial charge in [0.05, 0.1) is 12.6 Å². The van der Waals surface area contributed by atoms with E-state index in [9.17, 15) is 4.79 Å². The molecule has 1 amide bonds. The zero-order chi connectivity index (χ0) is 15.1. The number of anilines is 2. The topological polar surface area (TPSA) is 82.2 Å². The molecule has 0 aliphatic rings. The molecule has 0 atom stereocenters. The van der Waals surface area contributed by atoms with Gasteiger partial charge in [0.2, 0.25) is 5.91 Å². The smallest absolute Gasteiger partial charge is 0.238 e. The summed E-state index contributed by atoms with van der Waals surface area (Å²) in [5, 5.41) is 11.5. The maximum Gasteiger partial charge on any atom is 0.238 e. The summed E-state index contributed by atoms with van der Waals surface area (Å²) in [5.74, 6) is -0.0923. The molecule has 0 aliphatic heterocycles. The van der Waals surface area contributed by atoms with Crippen molar-refractivity contribution in [2.45, 2.75) is 33.2 Å². The van der Waals surface area contributed by atoms with Crippen LogP contribution in [0.3, 0.4) is 0 Å². The molecule has 0 aliphatic carbocycles. The fourth-order valence-corrected chi connectivity index (χ4v) is 1.88. The Balaban J connectivity index is 2.66. The molecule has 108 valence electrons. The zero-order valence-corrected chi connectivity index (χ0v) is 12.3. The van der Waals surface area contributed by atoms with Gasteiger partial charge in [-0.05, 0) is 38.5 Å². The molecule has 1 aromatic rings. The van der Waals surface area contributed by atoms with Gasteiger partial charge >= 0.3 is 0 Å². The number of carbonyl (C=O) groups is 1. The molecule has 3 N–H and O–H groups in total. The third kappa shape index (κ3) is 4.56. The molecule has 0 saturated carbocycles. The lowest BCUT2D eigenvalue weighted by atomic mass is 10.1. The molecule has 0 aromatic heterocycles. The minimum absolute atomic E-state index is 0.0923. The quantitative estimate of drug-likeness (QED) is 0.779. The normalized spacial score (nSPS) is 10.6. The fraction of sp³-hybridized carbons (Fsp3) is 0.467. The Bertz CT molecular complexity index is 505. The molecule has 1 aromatic carbocycles. The van der Waals surface area contributed by atoms with Crippen molar-refractivity contribution in [2.75, 3.05) is 24.1 Å². The van der Waals surface area contributed by atoms with Gasteiger partial charge in [0.15, 0.2) is 0 Å². The average molecular weight is 274 g/mol. The average Bonchev–Trinajstić information content (AvgIpc) is 2.39. The molecule has 5 heteroatoms. The van der Waals surface area contributed by atoms with E-state index in [0.717, 1.165) is 11.3 Å². The zero-order valence-electron chi connectivity index (χ0n) is 12.3. The fourth-order valence-electron chi connectivity index (χ4n) is 1.88. The number of carbonyl (C=O) groups excluding carboxylic acids is 1. The second kappa shape index (κ2) is 7.51. The van der Waals surface area contributed by atoms with Crippen molar-refractivity contribution < 1.29 is 4.79 Å². The van der Waals surface area contributed by atoms with Crippen LogP contribution in [0.5, 0.6) is 0 Å². The number of nitrogens with two attached hydrogens (primary N) is 1. The van der Waals surface area contributed by atoms with Crippen LogP contribution >= 0.6 is 0 Å². The number of hydrogen-bond acceptors (Lipinski definition) is 4. The van der Waals surface area contributed by atoms with Crippen molar-refractivity contribution in [1.29, 1.82) is 5.26 Å². The van der Waals surface area contributed by atoms with Gasteiger partial charge in [0.1, 0.15) is 0 Å². The van der Waals surface area contributed by atoms with Gasteiger partial charge in [-0.25, -0.2) is 0 Å². The van der Waals surface area contributed by atoms with E-state index in [-0.39, 0.29) is 18.5 Å². The predicted octanol–water partition coefficient (Wildman–Crippen LogP) is 2.14. The summed E-state index contributed by atoms with van der Waals surface area (Å²) in [6.07, 6.45) is 0.419. The van der Waals surface area contributed by atoms with Crippen molar-refractivity contribution in [2.24, 2.45) is 0 Å². The second-order valence-corrected chi connectivity index (χ2v) is 5.04. The Kier molecular flexibility index (Phi) is 6.01. The molecule has 0 saturated heterocycles. The van der Waals surface area contributed by atoms with Crippen LogP contribution in [-0.2, 0) is 4.79 Å². The van der Waals surface area contributed by atoms with Crippen LogP contribution in [0.1, 0.15) is 25.8 Å². The molecule has 0 bridgehead atoms. The van der Waals surface area contributed by atoms with Crippen molar-refractivity contribution in [3.05, 3.63) is 23.8 Å². The Morgan fingerprint density at radius 2 is 2.20 bits per heavy atom. The summed E-state index contributed by atoms with van der Waals surface area (Å²) in [7, 11) is 0. The monoisotopic (exact) mass is 274 g/mol. The largest absolute Gasteiger partial charge is 0.398 e. The van der Waals surface area contributed by atoms with Crippen LogP contribution in [0, 0.1) is 18.3 Å². The molecule has 1 rings (SSSR count). The standard InChI is InChI=1S/C15H22N4O/c1-11(2)19(9-5-8-16)10-15(20)18-14-7-4-6-13(17)12(14)3/h4,6-7,11H,5,9-10,17H2,1-3H3,(H,18,20). The van der Waals surface area contributed by atoms with E-state index in [2.05, 4.69) is 11.4 Å². The van der Waals surface area contributed by atoms with Crippen molar-refractivity contribution in [3.8, 4) is 6.07 Å². The SMILES string of the molecule is Cc1c(N)cccc1NC(=O)CN(CCC#N)C(C)C. The summed E-state index contributed by atoms with van der Waals surface area (Å²) < 4.78 is 0. The minimum atomic E-state index is -0.0923. The maximum atomic E-state index is 12.1. The second-order valence-electron chi connectivity index (χ2n) is 5.04. The molecule has 0 radical (unpaired) electrons. The Hall–Kier alpha value is -2.06. The highest BCUT2D eigenvalue weighted by Gasteiger charge is 2.14. The number of rotatable bonds is 6. The first-order valence-corrected chi connectivity index (χ1v) is 6.71. The molecule has 20 heavy (non-hydrogen) atoms. The molecule has 0 unspecified atom stereocenters.